The van der Waals surface area contributed by atoms with Gasteiger partial charge in [-0.2, -0.15) is 0 Å². The molecule has 5 nitrogen and oxygen atoms in total. The van der Waals surface area contributed by atoms with Crippen molar-refractivity contribution < 1.29 is 4.79 Å². The summed E-state index contributed by atoms with van der Waals surface area (Å²) >= 11 is 0. The van der Waals surface area contributed by atoms with Gasteiger partial charge in [-0.05, 0) is 18.7 Å². The highest BCUT2D eigenvalue weighted by atomic mass is 16.1. The highest BCUT2D eigenvalue weighted by Gasteiger charge is 2.05. The minimum absolute atomic E-state index is 0.0569. The fourth-order valence-electron chi connectivity index (χ4n) is 1.60. The first-order valence-electron chi connectivity index (χ1n) is 5.73. The Morgan fingerprint density at radius 3 is 3.12 bits per heavy atom. The average molecular weight is 232 g/mol. The maximum Gasteiger partial charge on any atom is 0.252 e. The summed E-state index contributed by atoms with van der Waals surface area (Å²) in [7, 11) is 0. The van der Waals surface area contributed by atoms with Crippen LogP contribution in [0, 0.1) is 0 Å². The van der Waals surface area contributed by atoms with E-state index in [9.17, 15) is 4.79 Å². The molecule has 0 aliphatic rings. The fraction of sp³-hybridized carbons (Fsp3) is 0.333. The molecule has 0 radical (unpaired) electrons. The number of rotatable bonds is 5. The summed E-state index contributed by atoms with van der Waals surface area (Å²) in [6.07, 6.45) is 5.32. The number of imidazole rings is 1. The van der Waals surface area contributed by atoms with Crippen molar-refractivity contribution in [1.29, 1.82) is 0 Å². The molecule has 0 bridgehead atoms. The number of likely N-dealkylation sites (N-methyl/N-ethyl adjacent to an activating group) is 1. The Hall–Kier alpha value is -1.88. The maximum absolute atomic E-state index is 11.8. The molecule has 0 saturated heterocycles. The quantitative estimate of drug-likeness (QED) is 0.745. The third-order valence-corrected chi connectivity index (χ3v) is 2.49. The molecule has 0 saturated carbocycles. The number of pyridine rings is 1. The molecule has 0 aliphatic heterocycles. The Bertz CT molecular complexity index is 506. The Morgan fingerprint density at radius 2 is 2.29 bits per heavy atom. The van der Waals surface area contributed by atoms with Gasteiger partial charge in [0.15, 0.2) is 0 Å². The van der Waals surface area contributed by atoms with E-state index in [4.69, 9.17) is 0 Å². The predicted molar refractivity (Wildman–Crippen MR) is 66.1 cm³/mol. The molecule has 0 spiro atoms. The van der Waals surface area contributed by atoms with Gasteiger partial charge in [0.05, 0.1) is 5.56 Å². The molecule has 2 aromatic heterocycles. The number of nitrogens with one attached hydrogen (secondary N) is 2. The molecule has 17 heavy (non-hydrogen) atoms. The van der Waals surface area contributed by atoms with Crippen molar-refractivity contribution in [2.24, 2.45) is 0 Å². The van der Waals surface area contributed by atoms with Gasteiger partial charge in [-0.1, -0.05) is 6.92 Å². The van der Waals surface area contributed by atoms with Crippen molar-refractivity contribution in [1.82, 2.24) is 20.0 Å². The first-order valence-corrected chi connectivity index (χ1v) is 5.73. The summed E-state index contributed by atoms with van der Waals surface area (Å²) in [4.78, 5) is 15.9. The van der Waals surface area contributed by atoms with E-state index in [1.165, 1.54) is 0 Å². The van der Waals surface area contributed by atoms with Gasteiger partial charge in [0.2, 0.25) is 0 Å². The molecule has 0 aromatic carbocycles. The van der Waals surface area contributed by atoms with Crippen molar-refractivity contribution in [3.63, 3.8) is 0 Å². The Balaban J connectivity index is 1.98. The lowest BCUT2D eigenvalue weighted by atomic mass is 10.2. The minimum atomic E-state index is -0.0569. The van der Waals surface area contributed by atoms with Crippen LogP contribution in [0.5, 0.6) is 0 Å². The van der Waals surface area contributed by atoms with Crippen LogP contribution < -0.4 is 10.6 Å². The lowest BCUT2D eigenvalue weighted by molar-refractivity contribution is 0.0953. The second-order valence-electron chi connectivity index (χ2n) is 3.72. The molecule has 0 unspecified atom stereocenters. The summed E-state index contributed by atoms with van der Waals surface area (Å²) in [5.74, 6) is -0.0569. The molecule has 90 valence electrons. The zero-order chi connectivity index (χ0) is 12.1. The van der Waals surface area contributed by atoms with Gasteiger partial charge in [-0.15, -0.1) is 0 Å². The van der Waals surface area contributed by atoms with Crippen molar-refractivity contribution in [2.45, 2.75) is 6.92 Å². The number of carbonyl (C=O) groups excluding carboxylic acids is 1. The number of hydrogen-bond donors (Lipinski definition) is 2. The van der Waals surface area contributed by atoms with Gasteiger partial charge < -0.3 is 15.0 Å². The van der Waals surface area contributed by atoms with Crippen molar-refractivity contribution in [2.75, 3.05) is 19.6 Å². The van der Waals surface area contributed by atoms with Gasteiger partial charge in [0.25, 0.3) is 5.91 Å². The summed E-state index contributed by atoms with van der Waals surface area (Å²) in [6.45, 7) is 4.37. The SMILES string of the molecule is CCNCCNC(=O)c1ccc2nccn2c1. The van der Waals surface area contributed by atoms with E-state index in [2.05, 4.69) is 15.6 Å². The summed E-state index contributed by atoms with van der Waals surface area (Å²) in [5, 5.41) is 6.01. The zero-order valence-electron chi connectivity index (χ0n) is 9.81. The van der Waals surface area contributed by atoms with Crippen LogP contribution in [0.15, 0.2) is 30.7 Å². The van der Waals surface area contributed by atoms with Gasteiger partial charge in [0, 0.05) is 31.7 Å². The van der Waals surface area contributed by atoms with E-state index in [0.29, 0.717) is 12.1 Å². The number of aromatic nitrogens is 2. The van der Waals surface area contributed by atoms with Crippen LogP contribution in [-0.2, 0) is 0 Å². The molecule has 2 aromatic rings. The lowest BCUT2D eigenvalue weighted by Gasteiger charge is -2.05. The largest absolute Gasteiger partial charge is 0.351 e. The lowest BCUT2D eigenvalue weighted by Crippen LogP contribution is -2.31. The zero-order valence-corrected chi connectivity index (χ0v) is 9.81. The molecule has 0 atom stereocenters. The topological polar surface area (TPSA) is 58.4 Å². The molecule has 1 amide bonds. The first-order chi connectivity index (χ1) is 8.31. The minimum Gasteiger partial charge on any atom is -0.351 e. The van der Waals surface area contributed by atoms with Crippen LogP contribution >= 0.6 is 0 Å². The van der Waals surface area contributed by atoms with Gasteiger partial charge in [-0.3, -0.25) is 4.79 Å². The van der Waals surface area contributed by atoms with E-state index >= 15 is 0 Å². The highest BCUT2D eigenvalue weighted by Crippen LogP contribution is 2.04. The monoisotopic (exact) mass is 232 g/mol. The van der Waals surface area contributed by atoms with Crippen LogP contribution in [0.4, 0.5) is 0 Å². The van der Waals surface area contributed by atoms with Gasteiger partial charge in [-0.25, -0.2) is 4.98 Å². The van der Waals surface area contributed by atoms with E-state index in [1.54, 1.807) is 18.5 Å². The van der Waals surface area contributed by atoms with E-state index in [-0.39, 0.29) is 5.91 Å². The number of fused-ring (bicyclic) bond motifs is 1. The van der Waals surface area contributed by atoms with Crippen molar-refractivity contribution in [3.05, 3.63) is 36.3 Å². The van der Waals surface area contributed by atoms with Crippen molar-refractivity contribution >= 4 is 11.6 Å². The predicted octanol–water partition coefficient (Wildman–Crippen LogP) is 0.674. The van der Waals surface area contributed by atoms with E-state index in [0.717, 1.165) is 18.7 Å². The Kier molecular flexibility index (Phi) is 3.72. The number of carbonyl (C=O) groups is 1. The second kappa shape index (κ2) is 5.45. The van der Waals surface area contributed by atoms with Crippen LogP contribution in [-0.4, -0.2) is 34.9 Å². The maximum atomic E-state index is 11.8. The van der Waals surface area contributed by atoms with Crippen LogP contribution in [0.3, 0.4) is 0 Å². The van der Waals surface area contributed by atoms with Crippen LogP contribution in [0.2, 0.25) is 0 Å². The molecule has 0 fully saturated rings. The smallest absolute Gasteiger partial charge is 0.252 e. The third-order valence-electron chi connectivity index (χ3n) is 2.49. The van der Waals surface area contributed by atoms with E-state index in [1.807, 2.05) is 23.6 Å². The molecule has 5 heteroatoms. The van der Waals surface area contributed by atoms with Gasteiger partial charge >= 0.3 is 0 Å². The van der Waals surface area contributed by atoms with Crippen LogP contribution in [0.25, 0.3) is 5.65 Å². The summed E-state index contributed by atoms with van der Waals surface area (Å²) in [5.41, 5.74) is 1.49. The molecular weight excluding hydrogens is 216 g/mol. The fourth-order valence-corrected chi connectivity index (χ4v) is 1.60. The van der Waals surface area contributed by atoms with Gasteiger partial charge in [0.1, 0.15) is 5.65 Å². The molecule has 2 rings (SSSR count). The third kappa shape index (κ3) is 2.82. The normalized spacial score (nSPS) is 10.6. The number of hydrogen-bond acceptors (Lipinski definition) is 3. The number of amides is 1. The average Bonchev–Trinajstić information content (AvgIpc) is 2.81. The Labute approximate surface area is 99.9 Å². The standard InChI is InChI=1S/C12H16N4O/c1-2-13-5-6-15-12(17)10-3-4-11-14-7-8-16(11)9-10/h3-4,7-9,13H,2,5-6H2,1H3,(H,15,17). The van der Waals surface area contributed by atoms with Crippen LogP contribution in [0.1, 0.15) is 17.3 Å². The highest BCUT2D eigenvalue weighted by molar-refractivity contribution is 5.94. The summed E-state index contributed by atoms with van der Waals surface area (Å²) in [6, 6.07) is 3.62. The second-order valence-corrected chi connectivity index (χ2v) is 3.72. The Morgan fingerprint density at radius 1 is 1.41 bits per heavy atom. The summed E-state index contributed by atoms with van der Waals surface area (Å²) < 4.78 is 1.83. The molecular formula is C12H16N4O. The number of nitrogens with zero attached hydrogens (tertiary/aromatic N) is 2. The van der Waals surface area contributed by atoms with Crippen molar-refractivity contribution in [3.8, 4) is 0 Å². The molecule has 0 aliphatic carbocycles. The first kappa shape index (κ1) is 11.6. The molecule has 2 N–H and O–H groups in total. The molecule has 2 heterocycles. The van der Waals surface area contributed by atoms with E-state index < -0.39 is 0 Å².